The SMILES string of the molecule is Cc1ccc(CN2C[C@@H](N)[C@H](c3ccccc3)C2)cc1[N+](=O)[O-]. The van der Waals surface area contributed by atoms with Crippen molar-refractivity contribution in [1.82, 2.24) is 4.90 Å². The Kier molecular flexibility index (Phi) is 4.41. The van der Waals surface area contributed by atoms with E-state index < -0.39 is 0 Å². The largest absolute Gasteiger partial charge is 0.326 e. The summed E-state index contributed by atoms with van der Waals surface area (Å²) in [5.41, 5.74) is 9.41. The molecule has 2 aromatic rings. The molecule has 0 unspecified atom stereocenters. The first-order chi connectivity index (χ1) is 11.0. The average Bonchev–Trinajstić information content (AvgIpc) is 2.90. The first-order valence-corrected chi connectivity index (χ1v) is 7.81. The number of benzene rings is 2. The second-order valence-corrected chi connectivity index (χ2v) is 6.25. The van der Waals surface area contributed by atoms with Crippen molar-refractivity contribution in [2.45, 2.75) is 25.4 Å². The molecule has 0 amide bonds. The molecule has 0 aromatic heterocycles. The highest BCUT2D eigenvalue weighted by Gasteiger charge is 2.31. The molecule has 120 valence electrons. The van der Waals surface area contributed by atoms with Crippen LogP contribution >= 0.6 is 0 Å². The van der Waals surface area contributed by atoms with Crippen molar-refractivity contribution in [1.29, 1.82) is 0 Å². The van der Waals surface area contributed by atoms with E-state index in [-0.39, 0.29) is 16.7 Å². The van der Waals surface area contributed by atoms with Crippen LogP contribution in [0.3, 0.4) is 0 Å². The Morgan fingerprint density at radius 1 is 1.22 bits per heavy atom. The molecule has 1 heterocycles. The number of nitro benzene ring substituents is 1. The standard InChI is InChI=1S/C18H21N3O2/c1-13-7-8-14(9-18(13)21(22)23)10-20-11-16(17(19)12-20)15-5-3-2-4-6-15/h2-9,16-17H,10-12,19H2,1H3/t16-,17+/m0/s1. The van der Waals surface area contributed by atoms with Crippen LogP contribution in [0.2, 0.25) is 0 Å². The lowest BCUT2D eigenvalue weighted by molar-refractivity contribution is -0.385. The average molecular weight is 311 g/mol. The van der Waals surface area contributed by atoms with Crippen molar-refractivity contribution in [3.05, 3.63) is 75.3 Å². The number of nitrogens with zero attached hydrogens (tertiary/aromatic N) is 2. The van der Waals surface area contributed by atoms with Crippen molar-refractivity contribution < 1.29 is 4.92 Å². The van der Waals surface area contributed by atoms with Crippen molar-refractivity contribution in [2.24, 2.45) is 5.73 Å². The summed E-state index contributed by atoms with van der Waals surface area (Å²) >= 11 is 0. The van der Waals surface area contributed by atoms with Gasteiger partial charge in [0.15, 0.2) is 0 Å². The first kappa shape index (κ1) is 15.6. The van der Waals surface area contributed by atoms with Gasteiger partial charge in [0, 0.05) is 43.2 Å². The third kappa shape index (κ3) is 3.41. The molecule has 0 radical (unpaired) electrons. The molecule has 23 heavy (non-hydrogen) atoms. The van der Waals surface area contributed by atoms with E-state index in [4.69, 9.17) is 5.73 Å². The fourth-order valence-corrected chi connectivity index (χ4v) is 3.30. The molecule has 0 spiro atoms. The number of aryl methyl sites for hydroxylation is 1. The van der Waals surface area contributed by atoms with Crippen molar-refractivity contribution >= 4 is 5.69 Å². The van der Waals surface area contributed by atoms with Gasteiger partial charge in [-0.3, -0.25) is 15.0 Å². The van der Waals surface area contributed by atoms with Crippen LogP contribution in [-0.2, 0) is 6.54 Å². The Labute approximate surface area is 135 Å². The summed E-state index contributed by atoms with van der Waals surface area (Å²) in [7, 11) is 0. The highest BCUT2D eigenvalue weighted by molar-refractivity contribution is 5.42. The van der Waals surface area contributed by atoms with Gasteiger partial charge in [0.05, 0.1) is 4.92 Å². The Hall–Kier alpha value is -2.24. The summed E-state index contributed by atoms with van der Waals surface area (Å²) in [5, 5.41) is 11.1. The maximum absolute atomic E-state index is 11.1. The van der Waals surface area contributed by atoms with E-state index in [9.17, 15) is 10.1 Å². The highest BCUT2D eigenvalue weighted by Crippen LogP contribution is 2.28. The minimum atomic E-state index is -0.318. The topological polar surface area (TPSA) is 72.4 Å². The second-order valence-electron chi connectivity index (χ2n) is 6.25. The van der Waals surface area contributed by atoms with Crippen LogP contribution in [0, 0.1) is 17.0 Å². The summed E-state index contributed by atoms with van der Waals surface area (Å²) in [6.45, 7) is 4.14. The summed E-state index contributed by atoms with van der Waals surface area (Å²) in [4.78, 5) is 13.0. The van der Waals surface area contributed by atoms with E-state index in [2.05, 4.69) is 17.0 Å². The quantitative estimate of drug-likeness (QED) is 0.696. The molecule has 1 fully saturated rings. The van der Waals surface area contributed by atoms with Gasteiger partial charge < -0.3 is 5.73 Å². The van der Waals surface area contributed by atoms with Gasteiger partial charge in [0.25, 0.3) is 5.69 Å². The van der Waals surface area contributed by atoms with Crippen LogP contribution in [0.5, 0.6) is 0 Å². The summed E-state index contributed by atoms with van der Waals surface area (Å²) in [6.07, 6.45) is 0. The normalized spacial score (nSPS) is 21.5. The zero-order valence-electron chi connectivity index (χ0n) is 13.2. The van der Waals surface area contributed by atoms with E-state index in [0.29, 0.717) is 18.0 Å². The van der Waals surface area contributed by atoms with Gasteiger partial charge in [0.1, 0.15) is 0 Å². The third-order valence-corrected chi connectivity index (χ3v) is 4.54. The zero-order valence-corrected chi connectivity index (χ0v) is 13.2. The maximum atomic E-state index is 11.1. The second kappa shape index (κ2) is 6.48. The Morgan fingerprint density at radius 3 is 2.65 bits per heavy atom. The third-order valence-electron chi connectivity index (χ3n) is 4.54. The fraction of sp³-hybridized carbons (Fsp3) is 0.333. The smallest absolute Gasteiger partial charge is 0.272 e. The molecule has 2 atom stereocenters. The lowest BCUT2D eigenvalue weighted by Crippen LogP contribution is -2.28. The monoisotopic (exact) mass is 311 g/mol. The number of hydrogen-bond donors (Lipinski definition) is 1. The number of likely N-dealkylation sites (tertiary alicyclic amines) is 1. The minimum absolute atomic E-state index is 0.0952. The van der Waals surface area contributed by atoms with Crippen LogP contribution in [0.15, 0.2) is 48.5 Å². The molecule has 0 aliphatic carbocycles. The highest BCUT2D eigenvalue weighted by atomic mass is 16.6. The Balaban J connectivity index is 1.73. The molecule has 5 heteroatoms. The fourth-order valence-electron chi connectivity index (χ4n) is 3.30. The van der Waals surface area contributed by atoms with Gasteiger partial charge in [-0.1, -0.05) is 42.5 Å². The lowest BCUT2D eigenvalue weighted by atomic mass is 9.95. The molecular formula is C18H21N3O2. The first-order valence-electron chi connectivity index (χ1n) is 7.81. The van der Waals surface area contributed by atoms with Crippen LogP contribution < -0.4 is 5.73 Å². The van der Waals surface area contributed by atoms with Crippen molar-refractivity contribution in [3.63, 3.8) is 0 Å². The summed E-state index contributed by atoms with van der Waals surface area (Å²) in [5.74, 6) is 0.316. The Bertz CT molecular complexity index is 703. The molecule has 1 aliphatic rings. The summed E-state index contributed by atoms with van der Waals surface area (Å²) < 4.78 is 0. The van der Waals surface area contributed by atoms with Crippen LogP contribution in [-0.4, -0.2) is 29.0 Å². The van der Waals surface area contributed by atoms with Gasteiger partial charge in [-0.05, 0) is 18.1 Å². The summed E-state index contributed by atoms with van der Waals surface area (Å²) in [6, 6.07) is 15.9. The van der Waals surface area contributed by atoms with E-state index in [1.807, 2.05) is 30.3 Å². The Morgan fingerprint density at radius 2 is 1.96 bits per heavy atom. The lowest BCUT2D eigenvalue weighted by Gasteiger charge is -2.16. The van der Waals surface area contributed by atoms with Gasteiger partial charge in [-0.25, -0.2) is 0 Å². The zero-order chi connectivity index (χ0) is 16.4. The molecule has 1 saturated heterocycles. The maximum Gasteiger partial charge on any atom is 0.272 e. The van der Waals surface area contributed by atoms with Gasteiger partial charge >= 0.3 is 0 Å². The molecule has 5 nitrogen and oxygen atoms in total. The number of rotatable bonds is 4. The molecule has 0 saturated carbocycles. The van der Waals surface area contributed by atoms with Crippen LogP contribution in [0.4, 0.5) is 5.69 Å². The minimum Gasteiger partial charge on any atom is -0.326 e. The van der Waals surface area contributed by atoms with Crippen molar-refractivity contribution in [2.75, 3.05) is 13.1 Å². The number of nitro groups is 1. The number of nitrogens with two attached hydrogens (primary N) is 1. The van der Waals surface area contributed by atoms with Gasteiger partial charge in [-0.15, -0.1) is 0 Å². The van der Waals surface area contributed by atoms with E-state index >= 15 is 0 Å². The van der Waals surface area contributed by atoms with E-state index in [1.54, 1.807) is 13.0 Å². The molecule has 2 N–H and O–H groups in total. The number of hydrogen-bond acceptors (Lipinski definition) is 4. The molecule has 3 rings (SSSR count). The molecule has 2 aromatic carbocycles. The van der Waals surface area contributed by atoms with Crippen molar-refractivity contribution in [3.8, 4) is 0 Å². The van der Waals surface area contributed by atoms with Gasteiger partial charge in [0.2, 0.25) is 0 Å². The molecule has 1 aliphatic heterocycles. The van der Waals surface area contributed by atoms with E-state index in [0.717, 1.165) is 18.7 Å². The van der Waals surface area contributed by atoms with Crippen LogP contribution in [0.25, 0.3) is 0 Å². The van der Waals surface area contributed by atoms with Gasteiger partial charge in [-0.2, -0.15) is 0 Å². The molecule has 0 bridgehead atoms. The predicted octanol–water partition coefficient (Wildman–Crippen LogP) is 2.83. The molecular weight excluding hydrogens is 290 g/mol. The predicted molar refractivity (Wildman–Crippen MR) is 90.3 cm³/mol. The van der Waals surface area contributed by atoms with E-state index in [1.165, 1.54) is 5.56 Å². The van der Waals surface area contributed by atoms with Crippen LogP contribution in [0.1, 0.15) is 22.6 Å².